The molecule has 0 spiro atoms. The second kappa shape index (κ2) is 7.86. The molecule has 0 radical (unpaired) electrons. The quantitative estimate of drug-likeness (QED) is 0.690. The maximum atomic E-state index is 13.7. The number of halogens is 2. The molecule has 0 saturated heterocycles. The van der Waals surface area contributed by atoms with Gasteiger partial charge in [-0.25, -0.2) is 13.8 Å². The van der Waals surface area contributed by atoms with Gasteiger partial charge in [0.25, 0.3) is 0 Å². The highest BCUT2D eigenvalue weighted by Gasteiger charge is 2.21. The van der Waals surface area contributed by atoms with Crippen LogP contribution in [0.4, 0.5) is 8.78 Å². The van der Waals surface area contributed by atoms with Gasteiger partial charge >= 0.3 is 0 Å². The van der Waals surface area contributed by atoms with Crippen molar-refractivity contribution in [1.29, 1.82) is 0 Å². The molecule has 1 aromatic heterocycles. The van der Waals surface area contributed by atoms with E-state index in [2.05, 4.69) is 15.3 Å². The molecule has 0 aliphatic heterocycles. The van der Waals surface area contributed by atoms with Crippen LogP contribution in [0.1, 0.15) is 11.3 Å². The molecule has 0 fully saturated rings. The minimum atomic E-state index is -1.08. The number of nitrogens with one attached hydrogen (secondary N) is 1. The molecule has 3 rings (SSSR count). The monoisotopic (exact) mass is 370 g/mol. The summed E-state index contributed by atoms with van der Waals surface area (Å²) in [7, 11) is 0. The van der Waals surface area contributed by atoms with Gasteiger partial charge in [0.05, 0.1) is 23.1 Å². The molecule has 1 heterocycles. The summed E-state index contributed by atoms with van der Waals surface area (Å²) in [5, 5.41) is 2.40. The maximum absolute atomic E-state index is 13.7. The van der Waals surface area contributed by atoms with Crippen molar-refractivity contribution in [1.82, 2.24) is 15.3 Å². The number of nitrogens with zero attached hydrogens (tertiary/aromatic N) is 2. The number of hydrogen-bond acceptors (Lipinski definition) is 4. The van der Waals surface area contributed by atoms with Crippen LogP contribution >= 0.6 is 0 Å². The minimum Gasteiger partial charge on any atom is -0.368 e. The first-order valence-electron chi connectivity index (χ1n) is 8.16. The van der Waals surface area contributed by atoms with E-state index in [1.54, 1.807) is 18.2 Å². The van der Waals surface area contributed by atoms with E-state index in [0.29, 0.717) is 16.7 Å². The van der Waals surface area contributed by atoms with E-state index in [1.807, 2.05) is 6.07 Å². The summed E-state index contributed by atoms with van der Waals surface area (Å²) in [6, 6.07) is 9.43. The first-order chi connectivity index (χ1) is 12.9. The Morgan fingerprint density at radius 2 is 1.70 bits per heavy atom. The number of aromatic nitrogens is 2. The Labute approximate surface area is 153 Å². The van der Waals surface area contributed by atoms with Gasteiger partial charge in [0.2, 0.25) is 11.8 Å². The molecule has 2 aromatic carbocycles. The van der Waals surface area contributed by atoms with Crippen LogP contribution in [0.15, 0.2) is 48.7 Å². The Hall–Kier alpha value is -3.42. The molecule has 0 bridgehead atoms. The van der Waals surface area contributed by atoms with Crippen molar-refractivity contribution < 1.29 is 18.4 Å². The highest BCUT2D eigenvalue weighted by molar-refractivity contribution is 5.87. The number of carbonyl (C=O) groups excluding carboxylic acids is 2. The van der Waals surface area contributed by atoms with Crippen LogP contribution in [-0.2, 0) is 22.4 Å². The third-order valence-corrected chi connectivity index (χ3v) is 3.99. The minimum absolute atomic E-state index is 0.0126. The first kappa shape index (κ1) is 18.4. The zero-order valence-electron chi connectivity index (χ0n) is 14.2. The first-order valence-corrected chi connectivity index (χ1v) is 8.16. The number of hydrogen-bond donors (Lipinski definition) is 2. The summed E-state index contributed by atoms with van der Waals surface area (Å²) in [5.74, 6) is -3.17. The van der Waals surface area contributed by atoms with E-state index in [1.165, 1.54) is 12.3 Å². The number of nitrogens with two attached hydrogens (primary N) is 1. The fourth-order valence-corrected chi connectivity index (χ4v) is 2.63. The smallest absolute Gasteiger partial charge is 0.240 e. The second-order valence-corrected chi connectivity index (χ2v) is 5.95. The third kappa shape index (κ3) is 4.41. The van der Waals surface area contributed by atoms with Crippen LogP contribution in [0.25, 0.3) is 11.0 Å². The summed E-state index contributed by atoms with van der Waals surface area (Å²) < 4.78 is 27.3. The fraction of sp³-hybridized carbons (Fsp3) is 0.158. The van der Waals surface area contributed by atoms with Crippen molar-refractivity contribution in [2.45, 2.75) is 18.9 Å². The highest BCUT2D eigenvalue weighted by Crippen LogP contribution is 2.13. The van der Waals surface area contributed by atoms with Crippen LogP contribution in [-0.4, -0.2) is 27.8 Å². The Morgan fingerprint density at radius 3 is 2.37 bits per heavy atom. The van der Waals surface area contributed by atoms with Gasteiger partial charge in [-0.1, -0.05) is 18.2 Å². The van der Waals surface area contributed by atoms with Crippen molar-refractivity contribution >= 4 is 22.8 Å². The van der Waals surface area contributed by atoms with Gasteiger partial charge in [-0.3, -0.25) is 14.6 Å². The molecule has 0 saturated carbocycles. The van der Waals surface area contributed by atoms with E-state index in [9.17, 15) is 18.4 Å². The molecule has 27 heavy (non-hydrogen) atoms. The van der Waals surface area contributed by atoms with Gasteiger partial charge < -0.3 is 11.1 Å². The molecule has 0 aliphatic carbocycles. The van der Waals surface area contributed by atoms with Gasteiger partial charge in [0.15, 0.2) is 0 Å². The van der Waals surface area contributed by atoms with Crippen LogP contribution in [0, 0.1) is 11.6 Å². The molecule has 1 atom stereocenters. The summed E-state index contributed by atoms with van der Waals surface area (Å²) >= 11 is 0. The molecular weight excluding hydrogens is 354 g/mol. The normalized spacial score (nSPS) is 11.9. The fourth-order valence-electron chi connectivity index (χ4n) is 2.63. The topological polar surface area (TPSA) is 98.0 Å². The summed E-state index contributed by atoms with van der Waals surface area (Å²) in [4.78, 5) is 32.5. The van der Waals surface area contributed by atoms with Gasteiger partial charge in [0.1, 0.15) is 17.7 Å². The van der Waals surface area contributed by atoms with Crippen LogP contribution in [0.3, 0.4) is 0 Å². The SMILES string of the molecule is NC(=O)[C@@H](Cc1cnc2ccccc2n1)NC(=O)Cc1c(F)cccc1F. The van der Waals surface area contributed by atoms with E-state index >= 15 is 0 Å². The van der Waals surface area contributed by atoms with Crippen LogP contribution in [0.2, 0.25) is 0 Å². The predicted octanol–water partition coefficient (Wildman–Crippen LogP) is 1.66. The molecule has 0 aliphatic rings. The molecule has 3 aromatic rings. The van der Waals surface area contributed by atoms with Gasteiger partial charge in [-0.15, -0.1) is 0 Å². The number of rotatable bonds is 6. The number of benzene rings is 2. The average molecular weight is 370 g/mol. The van der Waals surface area contributed by atoms with E-state index in [-0.39, 0.29) is 12.0 Å². The van der Waals surface area contributed by atoms with E-state index in [4.69, 9.17) is 5.73 Å². The predicted molar refractivity (Wildman–Crippen MR) is 94.4 cm³/mol. The van der Waals surface area contributed by atoms with E-state index < -0.39 is 35.9 Å². The zero-order chi connectivity index (χ0) is 19.4. The molecule has 8 heteroatoms. The van der Waals surface area contributed by atoms with Crippen LogP contribution in [0.5, 0.6) is 0 Å². The molecular formula is C19H16F2N4O2. The number of amides is 2. The number of carbonyl (C=O) groups is 2. The lowest BCUT2D eigenvalue weighted by Gasteiger charge is -2.15. The lowest BCUT2D eigenvalue weighted by atomic mass is 10.1. The van der Waals surface area contributed by atoms with Gasteiger partial charge in [0, 0.05) is 18.2 Å². The van der Waals surface area contributed by atoms with Crippen molar-refractivity contribution in [2.24, 2.45) is 5.73 Å². The molecule has 2 amide bonds. The summed E-state index contributed by atoms with van der Waals surface area (Å²) in [6.07, 6.45) is 0.950. The maximum Gasteiger partial charge on any atom is 0.240 e. The number of fused-ring (bicyclic) bond motifs is 1. The summed E-state index contributed by atoms with van der Waals surface area (Å²) in [5.41, 5.74) is 6.76. The Morgan fingerprint density at radius 1 is 1.04 bits per heavy atom. The summed E-state index contributed by atoms with van der Waals surface area (Å²) in [6.45, 7) is 0. The Bertz CT molecular complexity index is 990. The largest absolute Gasteiger partial charge is 0.368 e. The van der Waals surface area contributed by atoms with Crippen molar-refractivity contribution in [3.8, 4) is 0 Å². The Kier molecular flexibility index (Phi) is 5.35. The second-order valence-electron chi connectivity index (χ2n) is 5.95. The molecule has 0 unspecified atom stereocenters. The van der Waals surface area contributed by atoms with Crippen molar-refractivity contribution in [2.75, 3.05) is 0 Å². The molecule has 3 N–H and O–H groups in total. The number of primary amides is 1. The average Bonchev–Trinajstić information content (AvgIpc) is 2.64. The van der Waals surface area contributed by atoms with Crippen molar-refractivity contribution in [3.05, 3.63) is 71.6 Å². The zero-order valence-corrected chi connectivity index (χ0v) is 14.2. The van der Waals surface area contributed by atoms with E-state index in [0.717, 1.165) is 12.1 Å². The Balaban J connectivity index is 1.73. The van der Waals surface area contributed by atoms with Crippen LogP contribution < -0.4 is 11.1 Å². The van der Waals surface area contributed by atoms with Gasteiger partial charge in [-0.05, 0) is 24.3 Å². The lowest BCUT2D eigenvalue weighted by molar-refractivity contribution is -0.127. The van der Waals surface area contributed by atoms with Crippen molar-refractivity contribution in [3.63, 3.8) is 0 Å². The van der Waals surface area contributed by atoms with Gasteiger partial charge in [-0.2, -0.15) is 0 Å². The standard InChI is InChI=1S/C19H16F2N4O2/c20-13-4-3-5-14(21)12(13)9-18(26)25-17(19(22)27)8-11-10-23-15-6-1-2-7-16(15)24-11/h1-7,10,17H,8-9H2,(H2,22,27)(H,25,26)/t17-/m1/s1. The molecule has 6 nitrogen and oxygen atoms in total. The lowest BCUT2D eigenvalue weighted by Crippen LogP contribution is -2.46. The third-order valence-electron chi connectivity index (χ3n) is 3.99. The number of para-hydroxylation sites is 2. The highest BCUT2D eigenvalue weighted by atomic mass is 19.1. The molecule has 138 valence electrons.